The molecule has 7 nitrogen and oxygen atoms in total. The summed E-state index contributed by atoms with van der Waals surface area (Å²) in [5, 5.41) is 19.3. The fourth-order valence-electron chi connectivity index (χ4n) is 1.22. The highest BCUT2D eigenvalue weighted by molar-refractivity contribution is 9.10. The number of nitro groups is 1. The molecule has 0 unspecified atom stereocenters. The van der Waals surface area contributed by atoms with Gasteiger partial charge in [-0.25, -0.2) is 13.1 Å². The average Bonchev–Trinajstić information content (AvgIpc) is 2.28. The Bertz CT molecular complexity index is 546. The molecule has 0 aliphatic heterocycles. The lowest BCUT2D eigenvalue weighted by molar-refractivity contribution is -0.387. The molecule has 9 heteroatoms. The van der Waals surface area contributed by atoms with Crippen LogP contribution in [0.5, 0.6) is 0 Å². The molecule has 0 amide bonds. The van der Waals surface area contributed by atoms with E-state index in [1.165, 1.54) is 12.1 Å². The van der Waals surface area contributed by atoms with Crippen LogP contribution in [-0.2, 0) is 10.0 Å². The highest BCUT2D eigenvalue weighted by atomic mass is 79.9. The number of hydrogen-bond acceptors (Lipinski definition) is 5. The van der Waals surface area contributed by atoms with Crippen molar-refractivity contribution in [2.75, 3.05) is 13.2 Å². The molecule has 100 valence electrons. The number of halogens is 1. The first-order valence-electron chi connectivity index (χ1n) is 4.93. The van der Waals surface area contributed by atoms with Crippen molar-refractivity contribution >= 4 is 31.6 Å². The summed E-state index contributed by atoms with van der Waals surface area (Å²) in [6.07, 6.45) is 0.237. The number of rotatable bonds is 6. The maximum absolute atomic E-state index is 11.9. The Morgan fingerprint density at radius 2 is 2.11 bits per heavy atom. The molecule has 0 aliphatic carbocycles. The van der Waals surface area contributed by atoms with Crippen LogP contribution in [0, 0.1) is 10.1 Å². The summed E-state index contributed by atoms with van der Waals surface area (Å²) in [5.41, 5.74) is -0.491. The van der Waals surface area contributed by atoms with Gasteiger partial charge < -0.3 is 5.11 Å². The summed E-state index contributed by atoms with van der Waals surface area (Å²) in [5.74, 6) is 0. The van der Waals surface area contributed by atoms with Crippen molar-refractivity contribution < 1.29 is 18.4 Å². The van der Waals surface area contributed by atoms with Crippen LogP contribution in [0.25, 0.3) is 0 Å². The summed E-state index contributed by atoms with van der Waals surface area (Å²) in [7, 11) is -3.96. The van der Waals surface area contributed by atoms with E-state index >= 15 is 0 Å². The lowest BCUT2D eigenvalue weighted by Crippen LogP contribution is -2.26. The van der Waals surface area contributed by atoms with Crippen LogP contribution in [0.3, 0.4) is 0 Å². The summed E-state index contributed by atoms with van der Waals surface area (Å²) in [6.45, 7) is -0.147. The number of aliphatic hydroxyl groups excluding tert-OH is 1. The second-order valence-electron chi connectivity index (χ2n) is 3.34. The molecule has 0 spiro atoms. The fourth-order valence-corrected chi connectivity index (χ4v) is 3.00. The van der Waals surface area contributed by atoms with Crippen LogP contribution in [-0.4, -0.2) is 31.6 Å². The van der Waals surface area contributed by atoms with Crippen LogP contribution < -0.4 is 4.72 Å². The number of nitrogens with one attached hydrogen (secondary N) is 1. The number of aliphatic hydroxyl groups is 1. The average molecular weight is 339 g/mol. The van der Waals surface area contributed by atoms with Crippen molar-refractivity contribution in [1.82, 2.24) is 4.72 Å². The zero-order valence-corrected chi connectivity index (χ0v) is 11.6. The molecule has 0 aliphatic rings. The van der Waals surface area contributed by atoms with E-state index in [1.54, 1.807) is 0 Å². The zero-order valence-electron chi connectivity index (χ0n) is 9.17. The number of sulfonamides is 1. The topological polar surface area (TPSA) is 110 Å². The van der Waals surface area contributed by atoms with Gasteiger partial charge in [0.25, 0.3) is 5.69 Å². The SMILES string of the molecule is O=[N+]([O-])c1ccc(Br)cc1S(=O)(=O)NCCCO. The van der Waals surface area contributed by atoms with Gasteiger partial charge in [0.2, 0.25) is 10.0 Å². The first kappa shape index (κ1) is 15.0. The summed E-state index contributed by atoms with van der Waals surface area (Å²) < 4.78 is 26.3. The van der Waals surface area contributed by atoms with Crippen LogP contribution in [0.2, 0.25) is 0 Å². The van der Waals surface area contributed by atoms with Crippen LogP contribution in [0.4, 0.5) is 5.69 Å². The predicted octanol–water partition coefficient (Wildman–Crippen LogP) is 1.02. The number of benzene rings is 1. The Morgan fingerprint density at radius 3 is 2.67 bits per heavy atom. The van der Waals surface area contributed by atoms with Gasteiger partial charge in [-0.2, -0.15) is 0 Å². The van der Waals surface area contributed by atoms with Gasteiger partial charge in [0.1, 0.15) is 0 Å². The summed E-state index contributed by atoms with van der Waals surface area (Å²) in [6, 6.07) is 3.68. The maximum Gasteiger partial charge on any atom is 0.289 e. The first-order chi connectivity index (χ1) is 8.38. The highest BCUT2D eigenvalue weighted by Gasteiger charge is 2.25. The lowest BCUT2D eigenvalue weighted by atomic mass is 10.3. The maximum atomic E-state index is 11.9. The van der Waals surface area contributed by atoms with Gasteiger partial charge in [-0.1, -0.05) is 15.9 Å². The second-order valence-corrected chi connectivity index (χ2v) is 6.00. The Hall–Kier alpha value is -1.03. The molecule has 1 aromatic carbocycles. The van der Waals surface area contributed by atoms with E-state index in [9.17, 15) is 18.5 Å². The van der Waals surface area contributed by atoms with E-state index in [-0.39, 0.29) is 19.6 Å². The van der Waals surface area contributed by atoms with E-state index in [1.807, 2.05) is 0 Å². The van der Waals surface area contributed by atoms with Crippen molar-refractivity contribution in [3.8, 4) is 0 Å². The molecule has 18 heavy (non-hydrogen) atoms. The highest BCUT2D eigenvalue weighted by Crippen LogP contribution is 2.26. The largest absolute Gasteiger partial charge is 0.396 e. The lowest BCUT2D eigenvalue weighted by Gasteiger charge is -2.07. The molecule has 2 N–H and O–H groups in total. The minimum absolute atomic E-state index is 0.0164. The van der Waals surface area contributed by atoms with Gasteiger partial charge in [0.15, 0.2) is 4.90 Å². The van der Waals surface area contributed by atoms with E-state index < -0.39 is 25.5 Å². The van der Waals surface area contributed by atoms with E-state index in [0.29, 0.717) is 4.47 Å². The summed E-state index contributed by atoms with van der Waals surface area (Å²) in [4.78, 5) is 9.61. The normalized spacial score (nSPS) is 11.4. The van der Waals surface area contributed by atoms with Crippen molar-refractivity contribution in [2.24, 2.45) is 0 Å². The Balaban J connectivity index is 3.14. The third kappa shape index (κ3) is 3.73. The molecule has 0 saturated carbocycles. The number of nitrogens with zero attached hydrogens (tertiary/aromatic N) is 1. The first-order valence-corrected chi connectivity index (χ1v) is 7.20. The Kier molecular flexibility index (Phi) is 5.20. The van der Waals surface area contributed by atoms with Crippen LogP contribution in [0.15, 0.2) is 27.6 Å². The molecule has 0 bridgehead atoms. The van der Waals surface area contributed by atoms with Crippen LogP contribution in [0.1, 0.15) is 6.42 Å². The van der Waals surface area contributed by atoms with E-state index in [2.05, 4.69) is 20.7 Å². The van der Waals surface area contributed by atoms with E-state index in [4.69, 9.17) is 5.11 Å². The van der Waals surface area contributed by atoms with Crippen molar-refractivity contribution in [1.29, 1.82) is 0 Å². The molecular formula is C9H11BrN2O5S. The Labute approximate surface area is 112 Å². The number of nitro benzene ring substituents is 1. The molecule has 0 saturated heterocycles. The van der Waals surface area contributed by atoms with Crippen molar-refractivity contribution in [2.45, 2.75) is 11.3 Å². The molecule has 0 heterocycles. The monoisotopic (exact) mass is 338 g/mol. The molecule has 1 rings (SSSR count). The molecular weight excluding hydrogens is 328 g/mol. The van der Waals surface area contributed by atoms with Gasteiger partial charge >= 0.3 is 0 Å². The fraction of sp³-hybridized carbons (Fsp3) is 0.333. The quantitative estimate of drug-likeness (QED) is 0.457. The second kappa shape index (κ2) is 6.23. The minimum atomic E-state index is -3.96. The van der Waals surface area contributed by atoms with Crippen molar-refractivity contribution in [3.05, 3.63) is 32.8 Å². The third-order valence-electron chi connectivity index (χ3n) is 2.04. The Morgan fingerprint density at radius 1 is 1.44 bits per heavy atom. The van der Waals surface area contributed by atoms with Gasteiger partial charge in [0.05, 0.1) is 4.92 Å². The van der Waals surface area contributed by atoms with Crippen LogP contribution >= 0.6 is 15.9 Å². The summed E-state index contributed by atoms with van der Waals surface area (Å²) >= 11 is 3.06. The predicted molar refractivity (Wildman–Crippen MR) is 67.7 cm³/mol. The molecule has 0 atom stereocenters. The van der Waals surface area contributed by atoms with Gasteiger partial charge in [-0.05, 0) is 18.6 Å². The molecule has 0 radical (unpaired) electrons. The minimum Gasteiger partial charge on any atom is -0.396 e. The number of hydrogen-bond donors (Lipinski definition) is 2. The van der Waals surface area contributed by atoms with Crippen molar-refractivity contribution in [3.63, 3.8) is 0 Å². The molecule has 0 aromatic heterocycles. The molecule has 1 aromatic rings. The van der Waals surface area contributed by atoms with Gasteiger partial charge in [-0.15, -0.1) is 0 Å². The van der Waals surface area contributed by atoms with Gasteiger partial charge in [-0.3, -0.25) is 10.1 Å². The third-order valence-corrected chi connectivity index (χ3v) is 4.02. The van der Waals surface area contributed by atoms with Gasteiger partial charge in [0, 0.05) is 23.7 Å². The zero-order chi connectivity index (χ0) is 13.8. The standard InChI is InChI=1S/C9H11BrN2O5S/c10-7-2-3-8(12(14)15)9(6-7)18(16,17)11-4-1-5-13/h2-3,6,11,13H,1,4-5H2. The molecule has 0 fully saturated rings. The van der Waals surface area contributed by atoms with E-state index in [0.717, 1.165) is 6.07 Å². The smallest absolute Gasteiger partial charge is 0.289 e.